The van der Waals surface area contributed by atoms with Gasteiger partial charge in [0, 0.05) is 54.6 Å². The lowest BCUT2D eigenvalue weighted by Crippen LogP contribution is -2.52. The van der Waals surface area contributed by atoms with Gasteiger partial charge in [0.2, 0.25) is 5.91 Å². The van der Waals surface area contributed by atoms with Gasteiger partial charge in [0.25, 0.3) is 0 Å². The zero-order valence-electron chi connectivity index (χ0n) is 21.6. The van der Waals surface area contributed by atoms with E-state index in [2.05, 4.69) is 42.8 Å². The maximum absolute atomic E-state index is 13.6. The van der Waals surface area contributed by atoms with Gasteiger partial charge in [0.05, 0.1) is 24.0 Å². The molecule has 1 atom stereocenters. The highest BCUT2D eigenvalue weighted by atomic mass is 35.5. The van der Waals surface area contributed by atoms with Crippen LogP contribution in [-0.2, 0) is 9.59 Å². The summed E-state index contributed by atoms with van der Waals surface area (Å²) >= 11 is 6.24. The third-order valence-electron chi connectivity index (χ3n) is 7.75. The van der Waals surface area contributed by atoms with Crippen molar-refractivity contribution in [3.8, 4) is 0 Å². The number of piperazine rings is 1. The summed E-state index contributed by atoms with van der Waals surface area (Å²) in [6.45, 7) is 11.5. The highest BCUT2D eigenvalue weighted by molar-refractivity contribution is 6.30. The molecule has 3 aliphatic rings. The van der Waals surface area contributed by atoms with Gasteiger partial charge in [-0.15, -0.1) is 0 Å². The molecule has 1 aliphatic carbocycles. The van der Waals surface area contributed by atoms with Crippen LogP contribution in [0.15, 0.2) is 53.7 Å². The smallest absolute Gasteiger partial charge is 0.242 e. The second kappa shape index (κ2) is 9.47. The minimum absolute atomic E-state index is 0.0798. The molecule has 5 rings (SSSR count). The van der Waals surface area contributed by atoms with Gasteiger partial charge in [-0.1, -0.05) is 43.6 Å². The average molecular weight is 507 g/mol. The molecule has 1 amide bonds. The molecule has 2 aliphatic heterocycles. The van der Waals surface area contributed by atoms with Crippen LogP contribution < -0.4 is 15.1 Å². The highest BCUT2D eigenvalue weighted by Crippen LogP contribution is 2.43. The maximum Gasteiger partial charge on any atom is 0.242 e. The van der Waals surface area contributed by atoms with Crippen LogP contribution in [-0.4, -0.2) is 55.4 Å². The van der Waals surface area contributed by atoms with Crippen LogP contribution in [0.1, 0.15) is 39.2 Å². The number of nitrogens with zero attached hydrogens (tertiary/aromatic N) is 3. The van der Waals surface area contributed by atoms with Crippen molar-refractivity contribution in [3.05, 3.63) is 64.3 Å². The zero-order chi connectivity index (χ0) is 25.6. The third kappa shape index (κ3) is 4.71. The number of carbonyl (C=O) groups is 2. The van der Waals surface area contributed by atoms with Crippen LogP contribution >= 0.6 is 11.6 Å². The van der Waals surface area contributed by atoms with Crippen LogP contribution in [0.2, 0.25) is 5.02 Å². The normalized spacial score (nSPS) is 21.5. The number of ketones is 1. The van der Waals surface area contributed by atoms with Crippen LogP contribution in [0.5, 0.6) is 0 Å². The molecule has 6 nitrogen and oxygen atoms in total. The lowest BCUT2D eigenvalue weighted by molar-refractivity contribution is -0.130. The second-order valence-corrected chi connectivity index (χ2v) is 11.5. The van der Waals surface area contributed by atoms with Crippen LogP contribution in [0, 0.1) is 12.3 Å². The van der Waals surface area contributed by atoms with E-state index in [-0.39, 0.29) is 29.7 Å². The van der Waals surface area contributed by atoms with Crippen LogP contribution in [0.25, 0.3) is 0 Å². The van der Waals surface area contributed by atoms with Gasteiger partial charge in [0.15, 0.2) is 5.78 Å². The molecule has 0 radical (unpaired) electrons. The minimum Gasteiger partial charge on any atom is -0.368 e. The summed E-state index contributed by atoms with van der Waals surface area (Å²) in [5, 5.41) is 4.30. The van der Waals surface area contributed by atoms with E-state index in [0.717, 1.165) is 52.9 Å². The third-order valence-corrected chi connectivity index (χ3v) is 7.99. The van der Waals surface area contributed by atoms with Crippen molar-refractivity contribution in [3.63, 3.8) is 0 Å². The van der Waals surface area contributed by atoms with Crippen molar-refractivity contribution in [1.82, 2.24) is 4.90 Å². The minimum atomic E-state index is -0.181. The number of amides is 1. The van der Waals surface area contributed by atoms with Crippen molar-refractivity contribution in [2.75, 3.05) is 47.8 Å². The summed E-state index contributed by atoms with van der Waals surface area (Å²) in [5.74, 6) is 0.267. The molecule has 0 aromatic heterocycles. The molecule has 36 heavy (non-hydrogen) atoms. The largest absolute Gasteiger partial charge is 0.368 e. The molecule has 2 heterocycles. The Labute approximate surface area is 218 Å². The SMILES string of the molecule is Cc1ccc(Cl)cc1N1CCN(C(=O)CN2c3ccccc3NC3=C(C(=O)CC(C)(C)C3)C2C)CC1. The Hall–Kier alpha value is -2.99. The van der Waals surface area contributed by atoms with E-state index >= 15 is 0 Å². The first-order valence-corrected chi connectivity index (χ1v) is 13.2. The van der Waals surface area contributed by atoms with E-state index in [1.54, 1.807) is 0 Å². The Balaban J connectivity index is 1.35. The number of hydrogen-bond donors (Lipinski definition) is 1. The molecule has 1 saturated heterocycles. The molecule has 2 aromatic carbocycles. The van der Waals surface area contributed by atoms with Gasteiger partial charge in [0.1, 0.15) is 0 Å². The zero-order valence-corrected chi connectivity index (χ0v) is 22.4. The summed E-state index contributed by atoms with van der Waals surface area (Å²) in [6.07, 6.45) is 1.35. The van der Waals surface area contributed by atoms with Gasteiger partial charge in [-0.05, 0) is 55.5 Å². The Morgan fingerprint density at radius 2 is 1.78 bits per heavy atom. The summed E-state index contributed by atoms with van der Waals surface area (Å²) in [4.78, 5) is 33.2. The predicted molar refractivity (Wildman–Crippen MR) is 147 cm³/mol. The van der Waals surface area contributed by atoms with Gasteiger partial charge in [-0.2, -0.15) is 0 Å². The topological polar surface area (TPSA) is 55.9 Å². The van der Waals surface area contributed by atoms with Crippen molar-refractivity contribution in [2.45, 2.75) is 46.6 Å². The monoisotopic (exact) mass is 506 g/mol. The number of benzene rings is 2. The Morgan fingerprint density at radius 1 is 1.06 bits per heavy atom. The first-order chi connectivity index (χ1) is 17.1. The van der Waals surface area contributed by atoms with Crippen LogP contribution in [0.4, 0.5) is 17.1 Å². The van der Waals surface area contributed by atoms with Crippen molar-refractivity contribution >= 4 is 40.4 Å². The lowest BCUT2D eigenvalue weighted by Gasteiger charge is -2.39. The molecule has 0 saturated carbocycles. The van der Waals surface area contributed by atoms with Crippen LogP contribution in [0.3, 0.4) is 0 Å². The number of halogens is 1. The lowest BCUT2D eigenvalue weighted by atomic mass is 9.74. The summed E-state index contributed by atoms with van der Waals surface area (Å²) in [7, 11) is 0. The van der Waals surface area contributed by atoms with E-state index in [0.29, 0.717) is 19.5 Å². The predicted octanol–water partition coefficient (Wildman–Crippen LogP) is 5.26. The van der Waals surface area contributed by atoms with E-state index in [4.69, 9.17) is 11.6 Å². The number of nitrogens with one attached hydrogen (secondary N) is 1. The van der Waals surface area contributed by atoms with E-state index in [1.807, 2.05) is 47.4 Å². The van der Waals surface area contributed by atoms with Gasteiger partial charge < -0.3 is 20.0 Å². The average Bonchev–Trinajstić information content (AvgIpc) is 2.94. The Bertz CT molecular complexity index is 1230. The number of fused-ring (bicyclic) bond motifs is 1. The molecule has 1 N–H and O–H groups in total. The standard InChI is InChI=1S/C29H35ClN4O2/c1-19-9-10-21(30)15-25(19)32-11-13-33(14-12-32)27(36)18-34-20(2)28-23(16-29(3,4)17-26(28)35)31-22-7-5-6-8-24(22)34/h5-10,15,20,31H,11-14,16-18H2,1-4H3. The van der Waals surface area contributed by atoms with Gasteiger partial charge >= 0.3 is 0 Å². The number of anilines is 3. The molecular weight excluding hydrogens is 472 g/mol. The maximum atomic E-state index is 13.6. The second-order valence-electron chi connectivity index (χ2n) is 11.1. The van der Waals surface area contributed by atoms with Gasteiger partial charge in [-0.3, -0.25) is 9.59 Å². The fourth-order valence-electron chi connectivity index (χ4n) is 5.88. The number of hydrogen-bond acceptors (Lipinski definition) is 5. The molecule has 7 heteroatoms. The molecule has 0 bridgehead atoms. The number of carbonyl (C=O) groups excluding carboxylic acids is 2. The van der Waals surface area contributed by atoms with Crippen molar-refractivity contribution in [2.24, 2.45) is 5.41 Å². The molecule has 1 unspecified atom stereocenters. The number of para-hydroxylation sites is 2. The fourth-order valence-corrected chi connectivity index (χ4v) is 6.04. The number of aryl methyl sites for hydroxylation is 1. The molecular formula is C29H35ClN4O2. The summed E-state index contributed by atoms with van der Waals surface area (Å²) in [5.41, 5.74) is 5.97. The molecule has 190 valence electrons. The first-order valence-electron chi connectivity index (χ1n) is 12.8. The molecule has 1 fully saturated rings. The van der Waals surface area contributed by atoms with E-state index in [1.165, 1.54) is 5.56 Å². The Kier molecular flexibility index (Phi) is 6.50. The molecule has 2 aromatic rings. The number of rotatable bonds is 3. The Morgan fingerprint density at radius 3 is 2.53 bits per heavy atom. The summed E-state index contributed by atoms with van der Waals surface area (Å²) < 4.78 is 0. The fraction of sp³-hybridized carbons (Fsp3) is 0.448. The first kappa shape index (κ1) is 24.7. The highest BCUT2D eigenvalue weighted by Gasteiger charge is 2.39. The van der Waals surface area contributed by atoms with Crippen molar-refractivity contribution in [1.29, 1.82) is 0 Å². The quantitative estimate of drug-likeness (QED) is 0.615. The van der Waals surface area contributed by atoms with Gasteiger partial charge in [-0.25, -0.2) is 0 Å². The number of Topliss-reactive ketones (excluding diaryl/α,β-unsaturated/α-hetero) is 1. The van der Waals surface area contributed by atoms with E-state index in [9.17, 15) is 9.59 Å². The van der Waals surface area contributed by atoms with Crippen molar-refractivity contribution < 1.29 is 9.59 Å². The number of allylic oxidation sites excluding steroid dienone is 1. The van der Waals surface area contributed by atoms with E-state index < -0.39 is 0 Å². The molecule has 0 spiro atoms. The summed E-state index contributed by atoms with van der Waals surface area (Å²) in [6, 6.07) is 13.8.